The van der Waals surface area contributed by atoms with E-state index in [9.17, 15) is 4.79 Å². The molecule has 4 nitrogen and oxygen atoms in total. The monoisotopic (exact) mass is 242 g/mol. The summed E-state index contributed by atoms with van der Waals surface area (Å²) in [7, 11) is 0. The summed E-state index contributed by atoms with van der Waals surface area (Å²) in [6, 6.07) is 7.49. The Morgan fingerprint density at radius 1 is 1.33 bits per heavy atom. The van der Waals surface area contributed by atoms with E-state index in [1.165, 1.54) is 0 Å². The molecule has 0 fully saturated rings. The Morgan fingerprint density at radius 3 is 2.89 bits per heavy atom. The van der Waals surface area contributed by atoms with E-state index < -0.39 is 0 Å². The van der Waals surface area contributed by atoms with Gasteiger partial charge in [0, 0.05) is 5.69 Å². The van der Waals surface area contributed by atoms with Crippen LogP contribution in [0.2, 0.25) is 0 Å². The largest absolute Gasteiger partial charge is 0.425 e. The van der Waals surface area contributed by atoms with Crippen LogP contribution < -0.4 is 5.76 Å². The number of hydrogen-bond donors (Lipinski definition) is 0. The molecule has 0 amide bonds. The van der Waals surface area contributed by atoms with E-state index in [2.05, 4.69) is 11.9 Å². The van der Waals surface area contributed by atoms with Crippen molar-refractivity contribution in [1.29, 1.82) is 0 Å². The van der Waals surface area contributed by atoms with Crippen molar-refractivity contribution in [3.8, 4) is 0 Å². The van der Waals surface area contributed by atoms with Crippen molar-refractivity contribution in [3.05, 3.63) is 46.2 Å². The zero-order chi connectivity index (χ0) is 12.7. The van der Waals surface area contributed by atoms with Crippen molar-refractivity contribution in [2.24, 2.45) is 0 Å². The molecule has 0 aliphatic rings. The van der Waals surface area contributed by atoms with Crippen molar-refractivity contribution in [2.45, 2.75) is 26.7 Å². The quantitative estimate of drug-likeness (QED) is 0.694. The second-order valence-corrected chi connectivity index (χ2v) is 4.42. The molecule has 4 heteroatoms. The van der Waals surface area contributed by atoms with E-state index >= 15 is 0 Å². The molecule has 3 rings (SSSR count). The van der Waals surface area contributed by atoms with Crippen LogP contribution in [0.5, 0.6) is 0 Å². The minimum atomic E-state index is -0.365. The molecule has 2 aromatic heterocycles. The lowest BCUT2D eigenvalue weighted by Gasteiger charge is -1.99. The molecule has 2 heterocycles. The lowest BCUT2D eigenvalue weighted by atomic mass is 10.2. The van der Waals surface area contributed by atoms with E-state index in [-0.39, 0.29) is 5.76 Å². The van der Waals surface area contributed by atoms with Crippen LogP contribution in [0.25, 0.3) is 16.6 Å². The third-order valence-corrected chi connectivity index (χ3v) is 3.20. The number of rotatable bonds is 2. The van der Waals surface area contributed by atoms with Gasteiger partial charge >= 0.3 is 5.76 Å². The first-order valence-corrected chi connectivity index (χ1v) is 6.12. The smallest absolute Gasteiger partial charge is 0.409 e. The van der Waals surface area contributed by atoms with Gasteiger partial charge in [-0.25, -0.2) is 14.2 Å². The highest BCUT2D eigenvalue weighted by Crippen LogP contribution is 2.20. The summed E-state index contributed by atoms with van der Waals surface area (Å²) in [5.74, 6) is -0.365. The number of aryl methyl sites for hydroxylation is 2. The summed E-state index contributed by atoms with van der Waals surface area (Å²) in [5, 5.41) is 0.877. The topological polar surface area (TPSA) is 47.5 Å². The molecule has 0 aliphatic carbocycles. The fourth-order valence-electron chi connectivity index (χ4n) is 2.30. The average molecular weight is 242 g/mol. The van der Waals surface area contributed by atoms with Crippen molar-refractivity contribution in [3.63, 3.8) is 0 Å². The van der Waals surface area contributed by atoms with Crippen LogP contribution in [0.1, 0.15) is 24.7 Å². The molecule has 0 N–H and O–H groups in total. The van der Waals surface area contributed by atoms with E-state index in [1.54, 1.807) is 10.5 Å². The number of aromatic nitrogens is 2. The molecule has 0 atom stereocenters. The molecule has 0 radical (unpaired) electrons. The van der Waals surface area contributed by atoms with Crippen LogP contribution >= 0.6 is 0 Å². The fraction of sp³-hybridized carbons (Fsp3) is 0.286. The van der Waals surface area contributed by atoms with Crippen molar-refractivity contribution in [2.75, 3.05) is 0 Å². The van der Waals surface area contributed by atoms with Gasteiger partial charge in [-0.05, 0) is 25.5 Å². The minimum absolute atomic E-state index is 0.365. The summed E-state index contributed by atoms with van der Waals surface area (Å²) in [4.78, 5) is 16.6. The van der Waals surface area contributed by atoms with Gasteiger partial charge in [0.05, 0.1) is 11.1 Å². The Bertz CT molecular complexity index is 783. The van der Waals surface area contributed by atoms with Gasteiger partial charge in [0.1, 0.15) is 5.58 Å². The van der Waals surface area contributed by atoms with Crippen LogP contribution in [0.15, 0.2) is 33.5 Å². The maximum absolute atomic E-state index is 12.0. The van der Waals surface area contributed by atoms with Crippen molar-refractivity contribution in [1.82, 2.24) is 9.38 Å². The van der Waals surface area contributed by atoms with Gasteiger partial charge in [-0.1, -0.05) is 25.5 Å². The van der Waals surface area contributed by atoms with Crippen LogP contribution in [0, 0.1) is 6.92 Å². The molecular weight excluding hydrogens is 228 g/mol. The van der Waals surface area contributed by atoms with Gasteiger partial charge in [0.2, 0.25) is 0 Å². The van der Waals surface area contributed by atoms with E-state index in [0.717, 1.165) is 29.6 Å². The standard InChI is InChI=1S/C14H14N2O2/c1-3-6-11-9(2)16-13(15-11)10-7-4-5-8-12(10)18-14(16)17/h4-5,7-8H,3,6H2,1-2H3. The number of para-hydroxylation sites is 1. The van der Waals surface area contributed by atoms with E-state index in [0.29, 0.717) is 11.2 Å². The van der Waals surface area contributed by atoms with Crippen LogP contribution in [-0.2, 0) is 6.42 Å². The maximum atomic E-state index is 12.0. The zero-order valence-electron chi connectivity index (χ0n) is 10.4. The van der Waals surface area contributed by atoms with Gasteiger partial charge in [0.25, 0.3) is 0 Å². The second-order valence-electron chi connectivity index (χ2n) is 4.42. The molecule has 92 valence electrons. The zero-order valence-corrected chi connectivity index (χ0v) is 10.4. The lowest BCUT2D eigenvalue weighted by Crippen LogP contribution is -2.12. The van der Waals surface area contributed by atoms with Gasteiger partial charge in [0.15, 0.2) is 5.65 Å². The minimum Gasteiger partial charge on any atom is -0.409 e. The van der Waals surface area contributed by atoms with Crippen LogP contribution in [0.3, 0.4) is 0 Å². The first kappa shape index (κ1) is 11.0. The highest BCUT2D eigenvalue weighted by molar-refractivity contribution is 5.89. The predicted octanol–water partition coefficient (Wildman–Crippen LogP) is 2.70. The first-order valence-electron chi connectivity index (χ1n) is 6.12. The van der Waals surface area contributed by atoms with Gasteiger partial charge in [-0.3, -0.25) is 0 Å². The molecule has 0 unspecified atom stereocenters. The number of hydrogen-bond acceptors (Lipinski definition) is 3. The maximum Gasteiger partial charge on any atom is 0.425 e. The Labute approximate surface area is 104 Å². The SMILES string of the molecule is CCCc1nc2c3ccccc3oc(=O)n2c1C. The average Bonchev–Trinajstić information content (AvgIpc) is 2.69. The van der Waals surface area contributed by atoms with E-state index in [4.69, 9.17) is 4.42 Å². The molecule has 0 saturated heterocycles. The summed E-state index contributed by atoms with van der Waals surface area (Å²) >= 11 is 0. The third-order valence-electron chi connectivity index (χ3n) is 3.20. The Kier molecular flexibility index (Phi) is 2.44. The Morgan fingerprint density at radius 2 is 2.11 bits per heavy atom. The van der Waals surface area contributed by atoms with Crippen LogP contribution in [-0.4, -0.2) is 9.38 Å². The molecule has 0 spiro atoms. The van der Waals surface area contributed by atoms with E-state index in [1.807, 2.05) is 25.1 Å². The van der Waals surface area contributed by atoms with Gasteiger partial charge < -0.3 is 4.42 Å². The summed E-state index contributed by atoms with van der Waals surface area (Å²) in [5.41, 5.74) is 3.14. The van der Waals surface area contributed by atoms with Crippen molar-refractivity contribution < 1.29 is 4.42 Å². The first-order chi connectivity index (χ1) is 8.72. The normalized spacial score (nSPS) is 11.4. The summed E-state index contributed by atoms with van der Waals surface area (Å²) in [6.07, 6.45) is 1.88. The molecule has 0 aliphatic heterocycles. The number of fused-ring (bicyclic) bond motifs is 3. The summed E-state index contributed by atoms with van der Waals surface area (Å²) < 4.78 is 6.88. The molecule has 3 aromatic rings. The Hall–Kier alpha value is -2.10. The molecule has 0 saturated carbocycles. The van der Waals surface area contributed by atoms with Gasteiger partial charge in [-0.2, -0.15) is 0 Å². The van der Waals surface area contributed by atoms with Gasteiger partial charge in [-0.15, -0.1) is 0 Å². The molecule has 0 bridgehead atoms. The highest BCUT2D eigenvalue weighted by atomic mass is 16.4. The molecule has 1 aromatic carbocycles. The predicted molar refractivity (Wildman–Crippen MR) is 70.0 cm³/mol. The Balaban J connectivity index is 2.49. The van der Waals surface area contributed by atoms with Crippen molar-refractivity contribution >= 4 is 16.6 Å². The third kappa shape index (κ3) is 1.45. The number of imidazole rings is 1. The molecular formula is C14H14N2O2. The fourth-order valence-corrected chi connectivity index (χ4v) is 2.30. The second kappa shape index (κ2) is 3.98. The summed E-state index contributed by atoms with van der Waals surface area (Å²) in [6.45, 7) is 4.01. The molecule has 18 heavy (non-hydrogen) atoms. The number of benzene rings is 1. The highest BCUT2D eigenvalue weighted by Gasteiger charge is 2.14. The lowest BCUT2D eigenvalue weighted by molar-refractivity contribution is 0.519. The number of nitrogens with zero attached hydrogens (tertiary/aromatic N) is 2. The van der Waals surface area contributed by atoms with Crippen LogP contribution in [0.4, 0.5) is 0 Å².